The fraction of sp³-hybridized carbons (Fsp3) is 0.333. The van der Waals surface area contributed by atoms with Crippen molar-refractivity contribution in [3.8, 4) is 22.6 Å². The Balaban J connectivity index is 0.00000420. The predicted molar refractivity (Wildman–Crippen MR) is 101 cm³/mol. The maximum Gasteiger partial charge on any atom is 1.00 e. The summed E-state index contributed by atoms with van der Waals surface area (Å²) in [5.74, 6) is -1.09. The summed E-state index contributed by atoms with van der Waals surface area (Å²) in [6.07, 6.45) is 0.557. The van der Waals surface area contributed by atoms with E-state index < -0.39 is 31.7 Å². The third-order valence-corrected chi connectivity index (χ3v) is 5.75. The standard InChI is InChI=1S/C18H22O8S2.2K/c19-17-7-5-13(11-15(17)3-1-9-27(21,22)23)14-6-8-18(20)16(12-14)4-2-10-28(24,25)26;;/h5-8,11-12,19-20H,1-4,9-10H2,(H,21,22,23)(H,24,25,26);;/q;2*+1/p-2. The summed E-state index contributed by atoms with van der Waals surface area (Å²) < 4.78 is 64.3. The molecule has 154 valence electrons. The molecule has 0 atom stereocenters. The molecular weight excluding hydrogens is 487 g/mol. The number of aromatic hydroxyl groups is 2. The minimum Gasteiger partial charge on any atom is -0.748 e. The molecule has 0 bridgehead atoms. The first kappa shape index (κ1) is 31.1. The fourth-order valence-corrected chi connectivity index (χ4v) is 3.81. The van der Waals surface area contributed by atoms with Crippen LogP contribution in [0.25, 0.3) is 11.1 Å². The van der Waals surface area contributed by atoms with E-state index in [9.17, 15) is 36.2 Å². The van der Waals surface area contributed by atoms with Gasteiger partial charge in [-0.1, -0.05) is 12.1 Å². The van der Waals surface area contributed by atoms with Crippen LogP contribution in [0.4, 0.5) is 0 Å². The van der Waals surface area contributed by atoms with Crippen LogP contribution in [0.2, 0.25) is 0 Å². The van der Waals surface area contributed by atoms with Gasteiger partial charge in [0, 0.05) is 11.5 Å². The second kappa shape index (κ2) is 13.7. The van der Waals surface area contributed by atoms with Gasteiger partial charge in [0.25, 0.3) is 0 Å². The Morgan fingerprint density at radius 3 is 1.30 bits per heavy atom. The molecule has 2 aromatic rings. The maximum absolute atomic E-state index is 10.7. The van der Waals surface area contributed by atoms with Crippen LogP contribution in [0, 0.1) is 0 Å². The molecule has 0 amide bonds. The zero-order chi connectivity index (χ0) is 20.9. The second-order valence-corrected chi connectivity index (χ2v) is 9.46. The molecule has 0 aliphatic rings. The fourth-order valence-electron chi connectivity index (χ4n) is 2.81. The number of rotatable bonds is 9. The van der Waals surface area contributed by atoms with Crippen LogP contribution in [0.15, 0.2) is 36.4 Å². The number of hydrogen-bond donors (Lipinski definition) is 2. The van der Waals surface area contributed by atoms with E-state index in [4.69, 9.17) is 0 Å². The van der Waals surface area contributed by atoms with Gasteiger partial charge < -0.3 is 19.3 Å². The van der Waals surface area contributed by atoms with E-state index in [0.29, 0.717) is 22.3 Å². The smallest absolute Gasteiger partial charge is 0.748 e. The number of benzene rings is 2. The zero-order valence-corrected chi connectivity index (χ0v) is 24.7. The molecule has 0 fully saturated rings. The van der Waals surface area contributed by atoms with Gasteiger partial charge in [0.15, 0.2) is 0 Å². The Kier molecular flexibility index (Phi) is 14.3. The van der Waals surface area contributed by atoms with Crippen molar-refractivity contribution in [3.05, 3.63) is 47.5 Å². The molecule has 0 radical (unpaired) electrons. The molecule has 0 saturated carbocycles. The van der Waals surface area contributed by atoms with E-state index >= 15 is 0 Å². The minimum atomic E-state index is -4.32. The molecule has 0 unspecified atom stereocenters. The quantitative estimate of drug-likeness (QED) is 0.256. The van der Waals surface area contributed by atoms with Crippen LogP contribution in [-0.4, -0.2) is 47.7 Å². The summed E-state index contributed by atoms with van der Waals surface area (Å²) in [4.78, 5) is 0. The first-order valence-corrected chi connectivity index (χ1v) is 11.6. The monoisotopic (exact) mass is 506 g/mol. The van der Waals surface area contributed by atoms with Crippen LogP contribution in [0.1, 0.15) is 24.0 Å². The zero-order valence-electron chi connectivity index (χ0n) is 16.9. The molecule has 0 aliphatic heterocycles. The summed E-state index contributed by atoms with van der Waals surface area (Å²) in [5.41, 5.74) is 2.34. The predicted octanol–water partition coefficient (Wildman–Crippen LogP) is -4.27. The molecule has 2 N–H and O–H groups in total. The number of aryl methyl sites for hydroxylation is 2. The van der Waals surface area contributed by atoms with Crippen molar-refractivity contribution in [3.63, 3.8) is 0 Å². The van der Waals surface area contributed by atoms with Crippen LogP contribution in [0.5, 0.6) is 11.5 Å². The van der Waals surface area contributed by atoms with E-state index in [1.165, 1.54) is 12.1 Å². The van der Waals surface area contributed by atoms with Gasteiger partial charge in [0.05, 0.1) is 20.2 Å². The summed E-state index contributed by atoms with van der Waals surface area (Å²) in [6, 6.07) is 9.50. The Morgan fingerprint density at radius 1 is 0.667 bits per heavy atom. The second-order valence-electron chi connectivity index (χ2n) is 6.42. The Morgan fingerprint density at radius 2 is 1.00 bits per heavy atom. The van der Waals surface area contributed by atoms with Gasteiger partial charge in [0.1, 0.15) is 11.5 Å². The van der Waals surface area contributed by atoms with Crippen molar-refractivity contribution in [2.75, 3.05) is 11.5 Å². The van der Waals surface area contributed by atoms with E-state index in [-0.39, 0.29) is 140 Å². The number of hydrogen-bond acceptors (Lipinski definition) is 8. The molecule has 8 nitrogen and oxygen atoms in total. The Bertz CT molecular complexity index is 968. The average Bonchev–Trinajstić information content (AvgIpc) is 2.56. The molecular formula is C18H20K2O8S2. The van der Waals surface area contributed by atoms with Crippen molar-refractivity contribution >= 4 is 20.2 Å². The maximum atomic E-state index is 10.7. The largest absolute Gasteiger partial charge is 1.00 e. The van der Waals surface area contributed by atoms with Crippen molar-refractivity contribution in [1.82, 2.24) is 0 Å². The number of phenolic OH excluding ortho intramolecular Hbond substituents is 2. The Labute approximate surface area is 261 Å². The summed E-state index contributed by atoms with van der Waals surface area (Å²) in [5, 5.41) is 19.9. The molecule has 0 aromatic heterocycles. The van der Waals surface area contributed by atoms with Gasteiger partial charge in [-0.3, -0.25) is 0 Å². The van der Waals surface area contributed by atoms with Gasteiger partial charge in [-0.15, -0.1) is 0 Å². The molecule has 30 heavy (non-hydrogen) atoms. The summed E-state index contributed by atoms with van der Waals surface area (Å²) in [6.45, 7) is 0. The normalized spacial score (nSPS) is 11.4. The van der Waals surface area contributed by atoms with E-state index in [2.05, 4.69) is 0 Å². The first-order valence-electron chi connectivity index (χ1n) is 8.46. The Hall–Kier alpha value is 1.13. The molecule has 0 aliphatic carbocycles. The van der Waals surface area contributed by atoms with Gasteiger partial charge >= 0.3 is 103 Å². The number of phenols is 2. The molecule has 2 rings (SSSR count). The van der Waals surface area contributed by atoms with Crippen molar-refractivity contribution < 1.29 is 139 Å². The molecule has 0 heterocycles. The molecule has 0 spiro atoms. The minimum absolute atomic E-state index is 0. The third kappa shape index (κ3) is 11.3. The van der Waals surface area contributed by atoms with Crippen LogP contribution < -0.4 is 103 Å². The van der Waals surface area contributed by atoms with Crippen molar-refractivity contribution in [2.24, 2.45) is 0 Å². The van der Waals surface area contributed by atoms with Gasteiger partial charge in [0.2, 0.25) is 0 Å². The average molecular weight is 507 g/mol. The van der Waals surface area contributed by atoms with E-state index in [1.807, 2.05) is 0 Å². The summed E-state index contributed by atoms with van der Waals surface area (Å²) in [7, 11) is -8.65. The van der Waals surface area contributed by atoms with Crippen LogP contribution in [-0.2, 0) is 33.1 Å². The van der Waals surface area contributed by atoms with E-state index in [0.717, 1.165) is 0 Å². The molecule has 2 aromatic carbocycles. The van der Waals surface area contributed by atoms with Crippen molar-refractivity contribution in [1.29, 1.82) is 0 Å². The van der Waals surface area contributed by atoms with Gasteiger partial charge in [-0.05, 0) is 72.2 Å². The third-order valence-electron chi connectivity index (χ3n) is 4.17. The van der Waals surface area contributed by atoms with Crippen LogP contribution >= 0.6 is 0 Å². The van der Waals surface area contributed by atoms with Crippen molar-refractivity contribution in [2.45, 2.75) is 25.7 Å². The van der Waals surface area contributed by atoms with Gasteiger partial charge in [-0.2, -0.15) is 0 Å². The van der Waals surface area contributed by atoms with Gasteiger partial charge in [-0.25, -0.2) is 16.8 Å². The summed E-state index contributed by atoms with van der Waals surface area (Å²) >= 11 is 0. The molecule has 12 heteroatoms. The molecule has 0 saturated heterocycles. The SMILES string of the molecule is O=S(=O)([O-])CCCc1cc(-c2ccc(O)c(CCCS(=O)(=O)[O-])c2)ccc1O.[K+].[K+]. The topological polar surface area (TPSA) is 155 Å². The van der Waals surface area contributed by atoms with E-state index in [1.54, 1.807) is 24.3 Å². The van der Waals surface area contributed by atoms with Crippen LogP contribution in [0.3, 0.4) is 0 Å². The first-order chi connectivity index (χ1) is 12.9.